The quantitative estimate of drug-likeness (QED) is 0.919. The highest BCUT2D eigenvalue weighted by Crippen LogP contribution is 2.29. The summed E-state index contributed by atoms with van der Waals surface area (Å²) in [5.74, 6) is 1.79. The molecule has 0 spiro atoms. The average Bonchev–Trinajstić information content (AvgIpc) is 2.48. The fraction of sp³-hybridized carbons (Fsp3) is 0.400. The lowest BCUT2D eigenvalue weighted by Gasteiger charge is -2.24. The molecule has 2 heterocycles. The first-order chi connectivity index (χ1) is 9.38. The Morgan fingerprint density at radius 1 is 1.32 bits per heavy atom. The van der Waals surface area contributed by atoms with Gasteiger partial charge in [-0.2, -0.15) is 0 Å². The van der Waals surface area contributed by atoms with Gasteiger partial charge in [0.05, 0.1) is 19.8 Å². The van der Waals surface area contributed by atoms with Gasteiger partial charge in [0, 0.05) is 23.6 Å². The summed E-state index contributed by atoms with van der Waals surface area (Å²) in [5, 5.41) is 5.66. The van der Waals surface area contributed by atoms with Gasteiger partial charge in [0.15, 0.2) is 0 Å². The van der Waals surface area contributed by atoms with Gasteiger partial charge >= 0.3 is 0 Å². The van der Waals surface area contributed by atoms with Gasteiger partial charge in [-0.05, 0) is 25.0 Å². The van der Waals surface area contributed by atoms with Gasteiger partial charge in [0.25, 0.3) is 0 Å². The molecule has 0 saturated carbocycles. The van der Waals surface area contributed by atoms with E-state index in [-0.39, 0.29) is 0 Å². The molecule has 4 nitrogen and oxygen atoms in total. The summed E-state index contributed by atoms with van der Waals surface area (Å²) in [5.41, 5.74) is 0. The molecule has 4 heteroatoms. The van der Waals surface area contributed by atoms with Gasteiger partial charge in [-0.3, -0.25) is 0 Å². The van der Waals surface area contributed by atoms with Crippen LogP contribution in [0, 0.1) is 0 Å². The van der Waals surface area contributed by atoms with Gasteiger partial charge in [-0.25, -0.2) is 4.98 Å². The van der Waals surface area contributed by atoms with Crippen molar-refractivity contribution in [1.82, 2.24) is 4.98 Å². The van der Waals surface area contributed by atoms with Crippen LogP contribution >= 0.6 is 0 Å². The van der Waals surface area contributed by atoms with E-state index >= 15 is 0 Å². The van der Waals surface area contributed by atoms with Crippen LogP contribution in [0.25, 0.3) is 10.8 Å². The summed E-state index contributed by atoms with van der Waals surface area (Å²) in [6.07, 6.45) is 4.05. The maximum absolute atomic E-state index is 5.50. The summed E-state index contributed by atoms with van der Waals surface area (Å²) < 4.78 is 10.9. The van der Waals surface area contributed by atoms with Crippen molar-refractivity contribution in [2.45, 2.75) is 18.9 Å². The van der Waals surface area contributed by atoms with Crippen LogP contribution in [0.5, 0.6) is 5.75 Å². The standard InChI is InChI=1S/C15H18N2O2/c1-18-14-6-2-5-13-12(14)7-8-16-15(13)17-11-4-3-9-19-10-11/h2,5-8,11H,3-4,9-10H2,1H3,(H,16,17). The summed E-state index contributed by atoms with van der Waals surface area (Å²) >= 11 is 0. The van der Waals surface area contributed by atoms with E-state index in [0.717, 1.165) is 48.4 Å². The number of benzene rings is 1. The van der Waals surface area contributed by atoms with E-state index in [1.807, 2.05) is 24.4 Å². The van der Waals surface area contributed by atoms with Gasteiger partial charge in [-0.1, -0.05) is 12.1 Å². The molecule has 1 saturated heterocycles. The van der Waals surface area contributed by atoms with E-state index < -0.39 is 0 Å². The molecule has 100 valence electrons. The fourth-order valence-electron chi connectivity index (χ4n) is 2.52. The lowest BCUT2D eigenvalue weighted by Crippen LogP contribution is -2.30. The number of aromatic nitrogens is 1. The summed E-state index contributed by atoms with van der Waals surface area (Å²) in [6.45, 7) is 1.62. The molecule has 1 unspecified atom stereocenters. The molecular weight excluding hydrogens is 240 g/mol. The second-order valence-electron chi connectivity index (χ2n) is 4.77. The van der Waals surface area contributed by atoms with Gasteiger partial charge < -0.3 is 14.8 Å². The van der Waals surface area contributed by atoms with Crippen LogP contribution in [0.2, 0.25) is 0 Å². The van der Waals surface area contributed by atoms with E-state index in [1.165, 1.54) is 0 Å². The van der Waals surface area contributed by atoms with Crippen LogP contribution in [0.3, 0.4) is 0 Å². The van der Waals surface area contributed by atoms with E-state index in [1.54, 1.807) is 7.11 Å². The average molecular weight is 258 g/mol. The smallest absolute Gasteiger partial charge is 0.134 e. The van der Waals surface area contributed by atoms with Crippen LogP contribution in [0.15, 0.2) is 30.5 Å². The number of hydrogen-bond acceptors (Lipinski definition) is 4. The Balaban J connectivity index is 1.94. The first-order valence-electron chi connectivity index (χ1n) is 6.64. The lowest BCUT2D eigenvalue weighted by molar-refractivity contribution is 0.0875. The Morgan fingerprint density at radius 3 is 3.05 bits per heavy atom. The number of nitrogens with zero attached hydrogens (tertiary/aromatic N) is 1. The molecule has 1 atom stereocenters. The molecule has 1 aromatic heterocycles. The highest BCUT2D eigenvalue weighted by molar-refractivity contribution is 5.95. The Labute approximate surface area is 112 Å². The Kier molecular flexibility index (Phi) is 3.51. The molecule has 1 N–H and O–H groups in total. The third-order valence-corrected chi connectivity index (χ3v) is 3.49. The zero-order valence-corrected chi connectivity index (χ0v) is 11.1. The molecule has 3 rings (SSSR count). The maximum Gasteiger partial charge on any atom is 0.134 e. The molecule has 1 aromatic carbocycles. The first kappa shape index (κ1) is 12.2. The monoisotopic (exact) mass is 258 g/mol. The van der Waals surface area contributed by atoms with E-state index in [2.05, 4.69) is 16.4 Å². The summed E-state index contributed by atoms with van der Waals surface area (Å²) in [6, 6.07) is 8.35. The number of nitrogens with one attached hydrogen (secondary N) is 1. The second kappa shape index (κ2) is 5.45. The van der Waals surface area contributed by atoms with Crippen molar-refractivity contribution in [3.05, 3.63) is 30.5 Å². The molecule has 2 aromatic rings. The minimum atomic E-state index is 0.345. The number of methoxy groups -OCH3 is 1. The maximum atomic E-state index is 5.50. The minimum Gasteiger partial charge on any atom is -0.496 e. The van der Waals surface area contributed by atoms with Crippen molar-refractivity contribution in [3.63, 3.8) is 0 Å². The van der Waals surface area contributed by atoms with Crippen LogP contribution in [0.4, 0.5) is 5.82 Å². The number of hydrogen-bond donors (Lipinski definition) is 1. The van der Waals surface area contributed by atoms with Crippen LogP contribution < -0.4 is 10.1 Å². The molecule has 1 aliphatic heterocycles. The van der Waals surface area contributed by atoms with Crippen molar-refractivity contribution in [1.29, 1.82) is 0 Å². The zero-order chi connectivity index (χ0) is 13.1. The predicted octanol–water partition coefficient (Wildman–Crippen LogP) is 2.83. The summed E-state index contributed by atoms with van der Waals surface area (Å²) in [7, 11) is 1.69. The van der Waals surface area contributed by atoms with Crippen molar-refractivity contribution in [3.8, 4) is 5.75 Å². The molecular formula is C15H18N2O2. The fourth-order valence-corrected chi connectivity index (χ4v) is 2.52. The molecule has 1 aliphatic rings. The van der Waals surface area contributed by atoms with Crippen LogP contribution in [-0.2, 0) is 4.74 Å². The third kappa shape index (κ3) is 2.49. The zero-order valence-electron chi connectivity index (χ0n) is 11.1. The normalized spacial score (nSPS) is 19.3. The van der Waals surface area contributed by atoms with E-state index in [0.29, 0.717) is 6.04 Å². The van der Waals surface area contributed by atoms with Gasteiger partial charge in [0.2, 0.25) is 0 Å². The molecule has 1 fully saturated rings. The largest absolute Gasteiger partial charge is 0.496 e. The van der Waals surface area contributed by atoms with E-state index in [4.69, 9.17) is 9.47 Å². The number of fused-ring (bicyclic) bond motifs is 1. The van der Waals surface area contributed by atoms with Gasteiger partial charge in [0.1, 0.15) is 11.6 Å². The minimum absolute atomic E-state index is 0.345. The predicted molar refractivity (Wildman–Crippen MR) is 75.8 cm³/mol. The molecule has 0 radical (unpaired) electrons. The van der Waals surface area contributed by atoms with Crippen molar-refractivity contribution >= 4 is 16.6 Å². The highest BCUT2D eigenvalue weighted by Gasteiger charge is 2.15. The molecule has 0 aliphatic carbocycles. The van der Waals surface area contributed by atoms with Gasteiger partial charge in [-0.15, -0.1) is 0 Å². The molecule has 0 bridgehead atoms. The van der Waals surface area contributed by atoms with Crippen LogP contribution in [0.1, 0.15) is 12.8 Å². The van der Waals surface area contributed by atoms with Crippen molar-refractivity contribution < 1.29 is 9.47 Å². The number of ether oxygens (including phenoxy) is 2. The third-order valence-electron chi connectivity index (χ3n) is 3.49. The number of pyridine rings is 1. The second-order valence-corrected chi connectivity index (χ2v) is 4.77. The topological polar surface area (TPSA) is 43.4 Å². The number of anilines is 1. The van der Waals surface area contributed by atoms with E-state index in [9.17, 15) is 0 Å². The molecule has 0 amide bonds. The SMILES string of the molecule is COc1cccc2c(NC3CCCOC3)nccc12. The molecule has 19 heavy (non-hydrogen) atoms. The van der Waals surface area contributed by atoms with Crippen molar-refractivity contribution in [2.75, 3.05) is 25.6 Å². The Bertz CT molecular complexity index is 565. The Hall–Kier alpha value is -1.81. The first-order valence-corrected chi connectivity index (χ1v) is 6.64. The number of rotatable bonds is 3. The summed E-state index contributed by atoms with van der Waals surface area (Å²) in [4.78, 5) is 4.45. The lowest BCUT2D eigenvalue weighted by atomic mass is 10.1. The Morgan fingerprint density at radius 2 is 2.26 bits per heavy atom. The van der Waals surface area contributed by atoms with Crippen LogP contribution in [-0.4, -0.2) is 31.3 Å². The highest BCUT2D eigenvalue weighted by atomic mass is 16.5. The van der Waals surface area contributed by atoms with Crippen molar-refractivity contribution in [2.24, 2.45) is 0 Å².